The number of carbonyl (C=O) groups is 2. The number of esters is 1. The topological polar surface area (TPSA) is 64.6 Å². The molecular formula is C13H21F2NO4. The van der Waals surface area contributed by atoms with E-state index in [9.17, 15) is 18.4 Å². The summed E-state index contributed by atoms with van der Waals surface area (Å²) in [5.74, 6) is -4.69. The molecule has 7 heteroatoms. The van der Waals surface area contributed by atoms with Crippen molar-refractivity contribution in [2.45, 2.75) is 58.1 Å². The maximum Gasteiger partial charge on any atom is 0.408 e. The summed E-state index contributed by atoms with van der Waals surface area (Å²) < 4.78 is 37.2. The molecule has 2 unspecified atom stereocenters. The molecule has 0 aliphatic heterocycles. The molecule has 20 heavy (non-hydrogen) atoms. The van der Waals surface area contributed by atoms with Gasteiger partial charge < -0.3 is 14.8 Å². The fraction of sp³-hybridized carbons (Fsp3) is 0.846. The first-order chi connectivity index (χ1) is 9.05. The Kier molecular flexibility index (Phi) is 4.94. The van der Waals surface area contributed by atoms with Gasteiger partial charge in [0.25, 0.3) is 5.92 Å². The van der Waals surface area contributed by atoms with Gasteiger partial charge in [0.15, 0.2) is 0 Å². The molecule has 0 aromatic heterocycles. The SMILES string of the molecule is CCOC(=O)C1CC(NC(=O)OC(C)(C)C)C(F)(F)C1. The molecule has 1 aliphatic rings. The monoisotopic (exact) mass is 293 g/mol. The van der Waals surface area contributed by atoms with Crippen molar-refractivity contribution in [1.82, 2.24) is 5.32 Å². The number of rotatable bonds is 3. The maximum atomic E-state index is 13.8. The fourth-order valence-electron chi connectivity index (χ4n) is 2.07. The second-order valence-electron chi connectivity index (χ2n) is 5.85. The molecule has 5 nitrogen and oxygen atoms in total. The van der Waals surface area contributed by atoms with Crippen LogP contribution in [-0.4, -0.2) is 36.2 Å². The van der Waals surface area contributed by atoms with Crippen LogP contribution >= 0.6 is 0 Å². The molecule has 2 atom stereocenters. The molecule has 1 amide bonds. The highest BCUT2D eigenvalue weighted by Gasteiger charge is 2.52. The van der Waals surface area contributed by atoms with Crippen LogP contribution in [0.5, 0.6) is 0 Å². The number of carbonyl (C=O) groups excluding carboxylic acids is 2. The van der Waals surface area contributed by atoms with Crippen LogP contribution in [0.1, 0.15) is 40.5 Å². The third-order valence-electron chi connectivity index (χ3n) is 2.86. The van der Waals surface area contributed by atoms with E-state index >= 15 is 0 Å². The number of hydrogen-bond donors (Lipinski definition) is 1. The minimum Gasteiger partial charge on any atom is -0.466 e. The summed E-state index contributed by atoms with van der Waals surface area (Å²) in [4.78, 5) is 23.0. The predicted molar refractivity (Wildman–Crippen MR) is 67.5 cm³/mol. The highest BCUT2D eigenvalue weighted by molar-refractivity contribution is 5.74. The highest BCUT2D eigenvalue weighted by Crippen LogP contribution is 2.40. The van der Waals surface area contributed by atoms with E-state index in [0.29, 0.717) is 0 Å². The van der Waals surface area contributed by atoms with Crippen molar-refractivity contribution in [1.29, 1.82) is 0 Å². The number of nitrogens with one attached hydrogen (secondary N) is 1. The van der Waals surface area contributed by atoms with Crippen molar-refractivity contribution in [3.8, 4) is 0 Å². The van der Waals surface area contributed by atoms with E-state index in [2.05, 4.69) is 5.32 Å². The van der Waals surface area contributed by atoms with Gasteiger partial charge in [-0.1, -0.05) is 0 Å². The smallest absolute Gasteiger partial charge is 0.408 e. The first-order valence-electron chi connectivity index (χ1n) is 6.59. The summed E-state index contributed by atoms with van der Waals surface area (Å²) >= 11 is 0. The van der Waals surface area contributed by atoms with Crippen molar-refractivity contribution < 1.29 is 27.8 Å². The summed E-state index contributed by atoms with van der Waals surface area (Å²) in [6, 6.07) is -1.41. The van der Waals surface area contributed by atoms with Gasteiger partial charge in [-0.2, -0.15) is 0 Å². The van der Waals surface area contributed by atoms with Crippen LogP contribution in [0, 0.1) is 5.92 Å². The molecule has 0 heterocycles. The average molecular weight is 293 g/mol. The van der Waals surface area contributed by atoms with Gasteiger partial charge >= 0.3 is 12.1 Å². The molecule has 0 saturated heterocycles. The van der Waals surface area contributed by atoms with E-state index < -0.39 is 42.0 Å². The molecule has 1 rings (SSSR count). The Morgan fingerprint density at radius 1 is 1.35 bits per heavy atom. The van der Waals surface area contributed by atoms with Crippen LogP contribution in [-0.2, 0) is 14.3 Å². The Hall–Kier alpha value is -1.40. The first-order valence-corrected chi connectivity index (χ1v) is 6.59. The van der Waals surface area contributed by atoms with Crippen LogP contribution in [0.2, 0.25) is 0 Å². The Morgan fingerprint density at radius 3 is 2.45 bits per heavy atom. The molecule has 0 radical (unpaired) electrons. The van der Waals surface area contributed by atoms with Gasteiger partial charge in [0.2, 0.25) is 0 Å². The molecule has 1 aliphatic carbocycles. The second kappa shape index (κ2) is 5.93. The average Bonchev–Trinajstić information content (AvgIpc) is 2.52. The summed E-state index contributed by atoms with van der Waals surface area (Å²) in [7, 11) is 0. The van der Waals surface area contributed by atoms with Crippen LogP contribution in [0.25, 0.3) is 0 Å². The van der Waals surface area contributed by atoms with Gasteiger partial charge in [-0.05, 0) is 34.1 Å². The van der Waals surface area contributed by atoms with Crippen molar-refractivity contribution in [3.05, 3.63) is 0 Å². The first kappa shape index (κ1) is 16.7. The van der Waals surface area contributed by atoms with E-state index in [1.54, 1.807) is 27.7 Å². The lowest BCUT2D eigenvalue weighted by Crippen LogP contribution is -2.45. The third kappa shape index (κ3) is 4.61. The highest BCUT2D eigenvalue weighted by atomic mass is 19.3. The third-order valence-corrected chi connectivity index (χ3v) is 2.86. The van der Waals surface area contributed by atoms with E-state index in [1.165, 1.54) is 0 Å². The Balaban J connectivity index is 2.62. The summed E-state index contributed by atoms with van der Waals surface area (Å²) in [6.45, 7) is 6.68. The normalized spacial score (nSPS) is 25.1. The van der Waals surface area contributed by atoms with E-state index in [0.717, 1.165) is 0 Å². The van der Waals surface area contributed by atoms with Gasteiger partial charge in [-0.15, -0.1) is 0 Å². The number of halogens is 2. The minimum atomic E-state index is -3.14. The molecule has 1 saturated carbocycles. The maximum absolute atomic E-state index is 13.8. The van der Waals surface area contributed by atoms with Gasteiger partial charge in [0, 0.05) is 6.42 Å². The zero-order valence-corrected chi connectivity index (χ0v) is 12.2. The summed E-state index contributed by atoms with van der Waals surface area (Å²) in [5.41, 5.74) is -0.765. The van der Waals surface area contributed by atoms with Crippen LogP contribution < -0.4 is 5.32 Å². The summed E-state index contributed by atoms with van der Waals surface area (Å²) in [6.07, 6.45) is -1.68. The number of hydrogen-bond acceptors (Lipinski definition) is 4. The van der Waals surface area contributed by atoms with Gasteiger partial charge in [-0.25, -0.2) is 13.6 Å². The Labute approximate surface area is 117 Å². The van der Waals surface area contributed by atoms with Gasteiger partial charge in [-0.3, -0.25) is 4.79 Å². The van der Waals surface area contributed by atoms with Crippen LogP contribution in [0.3, 0.4) is 0 Å². The molecule has 1 N–H and O–H groups in total. The molecule has 0 aromatic carbocycles. The van der Waals surface area contributed by atoms with Gasteiger partial charge in [0.05, 0.1) is 18.6 Å². The minimum absolute atomic E-state index is 0.144. The van der Waals surface area contributed by atoms with E-state index in [1.807, 2.05) is 0 Å². The second-order valence-corrected chi connectivity index (χ2v) is 5.85. The van der Waals surface area contributed by atoms with Crippen molar-refractivity contribution in [3.63, 3.8) is 0 Å². The van der Waals surface area contributed by atoms with Crippen molar-refractivity contribution in [2.75, 3.05) is 6.61 Å². The molecule has 0 bridgehead atoms. The van der Waals surface area contributed by atoms with Crippen molar-refractivity contribution in [2.24, 2.45) is 5.92 Å². The van der Waals surface area contributed by atoms with E-state index in [-0.39, 0.29) is 13.0 Å². The summed E-state index contributed by atoms with van der Waals surface area (Å²) in [5, 5.41) is 2.13. The molecule has 0 spiro atoms. The predicted octanol–water partition coefficient (Wildman–Crippen LogP) is 2.49. The van der Waals surface area contributed by atoms with Crippen molar-refractivity contribution >= 4 is 12.1 Å². The standard InChI is InChI=1S/C13H21F2NO4/c1-5-19-10(17)8-6-9(13(14,15)7-8)16-11(18)20-12(2,3)4/h8-9H,5-7H2,1-4H3,(H,16,18). The molecule has 1 fully saturated rings. The van der Waals surface area contributed by atoms with Gasteiger partial charge in [0.1, 0.15) is 5.60 Å². The fourth-order valence-corrected chi connectivity index (χ4v) is 2.07. The lowest BCUT2D eigenvalue weighted by Gasteiger charge is -2.24. The zero-order chi connectivity index (χ0) is 15.6. The lowest BCUT2D eigenvalue weighted by molar-refractivity contribution is -0.148. The number of alkyl carbamates (subject to hydrolysis) is 1. The van der Waals surface area contributed by atoms with E-state index in [4.69, 9.17) is 9.47 Å². The molecular weight excluding hydrogens is 272 g/mol. The lowest BCUT2D eigenvalue weighted by atomic mass is 10.1. The number of amides is 1. The number of ether oxygens (including phenoxy) is 2. The Bertz CT molecular complexity index is 379. The largest absolute Gasteiger partial charge is 0.466 e. The Morgan fingerprint density at radius 2 is 1.95 bits per heavy atom. The number of alkyl halides is 2. The molecule has 116 valence electrons. The molecule has 0 aromatic rings. The van der Waals surface area contributed by atoms with Crippen LogP contribution in [0.4, 0.5) is 13.6 Å². The van der Waals surface area contributed by atoms with Crippen LogP contribution in [0.15, 0.2) is 0 Å². The quantitative estimate of drug-likeness (QED) is 0.812. The zero-order valence-electron chi connectivity index (χ0n) is 12.2.